The number of hydrogen-bond donors (Lipinski definition) is 1. The second-order valence-corrected chi connectivity index (χ2v) is 4.84. The Bertz CT molecular complexity index is 406. The van der Waals surface area contributed by atoms with Crippen molar-refractivity contribution >= 4 is 5.69 Å². The van der Waals surface area contributed by atoms with E-state index in [4.69, 9.17) is 0 Å². The second kappa shape index (κ2) is 9.44. The molecule has 0 radical (unpaired) electrons. The lowest BCUT2D eigenvalue weighted by Crippen LogP contribution is -2.25. The molecule has 0 aromatic heterocycles. The molecule has 0 amide bonds. The summed E-state index contributed by atoms with van der Waals surface area (Å²) in [6.45, 7) is 9.37. The minimum atomic E-state index is -0.354. The molecule has 20 heavy (non-hydrogen) atoms. The normalized spacial score (nSPS) is 10.9. The Labute approximate surface area is 121 Å². The van der Waals surface area contributed by atoms with Gasteiger partial charge in [0.2, 0.25) is 0 Å². The van der Waals surface area contributed by atoms with Gasteiger partial charge in [-0.3, -0.25) is 10.1 Å². The number of hydrogen-bond acceptors (Lipinski definition) is 4. The van der Waals surface area contributed by atoms with E-state index in [-0.39, 0.29) is 10.6 Å². The number of benzene rings is 1. The summed E-state index contributed by atoms with van der Waals surface area (Å²) in [4.78, 5) is 12.7. The third-order valence-corrected chi connectivity index (χ3v) is 3.42. The summed E-state index contributed by atoms with van der Waals surface area (Å²) in [6, 6.07) is 6.79. The molecular weight excluding hydrogens is 254 g/mol. The number of unbranched alkanes of at least 4 members (excludes halogenated alkanes) is 1. The van der Waals surface area contributed by atoms with Crippen molar-refractivity contribution in [2.24, 2.45) is 0 Å². The van der Waals surface area contributed by atoms with Crippen LogP contribution in [0.2, 0.25) is 0 Å². The van der Waals surface area contributed by atoms with Crippen LogP contribution in [0.5, 0.6) is 0 Å². The molecule has 1 rings (SSSR count). The maximum atomic E-state index is 10.7. The Morgan fingerprint density at radius 2 is 2.00 bits per heavy atom. The molecule has 1 aromatic rings. The van der Waals surface area contributed by atoms with Crippen LogP contribution in [-0.4, -0.2) is 36.0 Å². The van der Waals surface area contributed by atoms with Crippen molar-refractivity contribution < 1.29 is 4.92 Å². The summed E-state index contributed by atoms with van der Waals surface area (Å²) in [6.07, 6.45) is 2.31. The average Bonchev–Trinajstić information content (AvgIpc) is 2.47. The van der Waals surface area contributed by atoms with E-state index >= 15 is 0 Å². The van der Waals surface area contributed by atoms with Crippen LogP contribution in [0.4, 0.5) is 5.69 Å². The molecule has 0 bridgehead atoms. The van der Waals surface area contributed by atoms with Gasteiger partial charge in [-0.1, -0.05) is 26.0 Å². The van der Waals surface area contributed by atoms with Crippen LogP contribution in [0.25, 0.3) is 0 Å². The van der Waals surface area contributed by atoms with Crippen LogP contribution in [0.1, 0.15) is 32.3 Å². The summed E-state index contributed by atoms with van der Waals surface area (Å²) >= 11 is 0. The van der Waals surface area contributed by atoms with E-state index in [9.17, 15) is 10.1 Å². The molecule has 0 aliphatic heterocycles. The largest absolute Gasteiger partial charge is 0.313 e. The van der Waals surface area contributed by atoms with Crippen molar-refractivity contribution in [3.05, 3.63) is 39.9 Å². The number of nitro benzene ring substituents is 1. The minimum absolute atomic E-state index is 0.158. The molecule has 5 heteroatoms. The van der Waals surface area contributed by atoms with Crippen LogP contribution in [0, 0.1) is 10.1 Å². The summed E-state index contributed by atoms with van der Waals surface area (Å²) in [5, 5.41) is 14.0. The highest BCUT2D eigenvalue weighted by molar-refractivity contribution is 5.34. The van der Waals surface area contributed by atoms with Crippen LogP contribution in [-0.2, 0) is 6.54 Å². The zero-order chi connectivity index (χ0) is 14.8. The molecule has 0 aliphatic rings. The molecule has 0 spiro atoms. The summed E-state index contributed by atoms with van der Waals surface area (Å²) in [5.74, 6) is 0. The molecule has 0 atom stereocenters. The van der Waals surface area contributed by atoms with Crippen LogP contribution >= 0.6 is 0 Å². The Morgan fingerprint density at radius 3 is 2.65 bits per heavy atom. The lowest BCUT2D eigenvalue weighted by molar-refractivity contribution is -0.384. The summed E-state index contributed by atoms with van der Waals surface area (Å²) < 4.78 is 0. The Balaban J connectivity index is 2.18. The van der Waals surface area contributed by atoms with E-state index in [1.165, 1.54) is 12.5 Å². The average molecular weight is 279 g/mol. The van der Waals surface area contributed by atoms with E-state index in [0.717, 1.165) is 38.2 Å². The predicted molar refractivity (Wildman–Crippen MR) is 81.8 cm³/mol. The Morgan fingerprint density at radius 1 is 1.25 bits per heavy atom. The fourth-order valence-electron chi connectivity index (χ4n) is 2.14. The van der Waals surface area contributed by atoms with E-state index in [1.54, 1.807) is 12.1 Å². The smallest absolute Gasteiger partial charge is 0.269 e. The quantitative estimate of drug-likeness (QED) is 0.406. The predicted octanol–water partition coefficient (Wildman–Crippen LogP) is 2.81. The first-order valence-electron chi connectivity index (χ1n) is 7.33. The third-order valence-electron chi connectivity index (χ3n) is 3.42. The van der Waals surface area contributed by atoms with Gasteiger partial charge in [-0.25, -0.2) is 0 Å². The molecule has 112 valence electrons. The number of nitro groups is 1. The number of nitrogens with zero attached hydrogens (tertiary/aromatic N) is 2. The Kier molecular flexibility index (Phi) is 7.84. The van der Waals surface area contributed by atoms with Gasteiger partial charge in [-0.2, -0.15) is 0 Å². The van der Waals surface area contributed by atoms with Gasteiger partial charge < -0.3 is 10.2 Å². The third kappa shape index (κ3) is 6.12. The molecule has 0 unspecified atom stereocenters. The molecule has 1 aromatic carbocycles. The fraction of sp³-hybridized carbons (Fsp3) is 0.600. The lowest BCUT2D eigenvalue weighted by atomic mass is 10.2. The van der Waals surface area contributed by atoms with Crippen molar-refractivity contribution in [3.63, 3.8) is 0 Å². The van der Waals surface area contributed by atoms with E-state index in [2.05, 4.69) is 24.1 Å². The van der Waals surface area contributed by atoms with Gasteiger partial charge >= 0.3 is 0 Å². The molecule has 0 saturated carbocycles. The number of nitrogens with one attached hydrogen (secondary N) is 1. The van der Waals surface area contributed by atoms with Crippen LogP contribution in [0.15, 0.2) is 24.3 Å². The van der Waals surface area contributed by atoms with Gasteiger partial charge in [-0.05, 0) is 44.6 Å². The SMILES string of the molecule is CCN(CC)CCCCNCc1cccc([N+](=O)[O-])c1. The van der Waals surface area contributed by atoms with Gasteiger partial charge in [0.15, 0.2) is 0 Å². The standard InChI is InChI=1S/C15H25N3O2/c1-3-17(4-2)11-6-5-10-16-13-14-8-7-9-15(12-14)18(19)20/h7-9,12,16H,3-6,10-11,13H2,1-2H3. The molecule has 5 nitrogen and oxygen atoms in total. The summed E-state index contributed by atoms with van der Waals surface area (Å²) in [5.41, 5.74) is 1.12. The van der Waals surface area contributed by atoms with E-state index in [0.29, 0.717) is 6.54 Å². The summed E-state index contributed by atoms with van der Waals surface area (Å²) in [7, 11) is 0. The highest BCUT2D eigenvalue weighted by atomic mass is 16.6. The van der Waals surface area contributed by atoms with Crippen LogP contribution in [0.3, 0.4) is 0 Å². The molecule has 0 saturated heterocycles. The maximum absolute atomic E-state index is 10.7. The van der Waals surface area contributed by atoms with Crippen molar-refractivity contribution in [2.45, 2.75) is 33.2 Å². The lowest BCUT2D eigenvalue weighted by Gasteiger charge is -2.17. The zero-order valence-electron chi connectivity index (χ0n) is 12.5. The zero-order valence-corrected chi connectivity index (χ0v) is 12.5. The van der Waals surface area contributed by atoms with Crippen molar-refractivity contribution in [2.75, 3.05) is 26.2 Å². The highest BCUT2D eigenvalue weighted by Crippen LogP contribution is 2.12. The number of rotatable bonds is 10. The van der Waals surface area contributed by atoms with Gasteiger partial charge in [-0.15, -0.1) is 0 Å². The van der Waals surface area contributed by atoms with E-state index in [1.807, 2.05) is 6.07 Å². The fourth-order valence-corrected chi connectivity index (χ4v) is 2.14. The van der Waals surface area contributed by atoms with Gasteiger partial charge in [0.25, 0.3) is 5.69 Å². The second-order valence-electron chi connectivity index (χ2n) is 4.84. The van der Waals surface area contributed by atoms with E-state index < -0.39 is 0 Å². The molecular formula is C15H25N3O2. The first kappa shape index (κ1) is 16.6. The molecule has 0 fully saturated rings. The van der Waals surface area contributed by atoms with Gasteiger partial charge in [0.1, 0.15) is 0 Å². The highest BCUT2D eigenvalue weighted by Gasteiger charge is 2.05. The molecule has 1 N–H and O–H groups in total. The maximum Gasteiger partial charge on any atom is 0.269 e. The van der Waals surface area contributed by atoms with Gasteiger partial charge in [0, 0.05) is 18.7 Å². The molecule has 0 aliphatic carbocycles. The van der Waals surface area contributed by atoms with Crippen molar-refractivity contribution in [3.8, 4) is 0 Å². The monoisotopic (exact) mass is 279 g/mol. The topological polar surface area (TPSA) is 58.4 Å². The first-order valence-corrected chi connectivity index (χ1v) is 7.33. The van der Waals surface area contributed by atoms with Gasteiger partial charge in [0.05, 0.1) is 4.92 Å². The van der Waals surface area contributed by atoms with Crippen LogP contribution < -0.4 is 5.32 Å². The molecule has 0 heterocycles. The van der Waals surface area contributed by atoms with Crippen molar-refractivity contribution in [1.82, 2.24) is 10.2 Å². The number of non-ortho nitro benzene ring substituents is 1. The Hall–Kier alpha value is -1.46. The minimum Gasteiger partial charge on any atom is -0.313 e. The van der Waals surface area contributed by atoms with Crippen molar-refractivity contribution in [1.29, 1.82) is 0 Å². The first-order chi connectivity index (χ1) is 9.67.